The van der Waals surface area contributed by atoms with E-state index >= 15 is 0 Å². The van der Waals surface area contributed by atoms with Gasteiger partial charge in [-0.15, -0.1) is 6.58 Å². The molecule has 0 radical (unpaired) electrons. The van der Waals surface area contributed by atoms with Crippen LogP contribution >= 0.6 is 11.6 Å². The summed E-state index contributed by atoms with van der Waals surface area (Å²) < 4.78 is 11.0. The van der Waals surface area contributed by atoms with Crippen LogP contribution in [0.5, 0.6) is 11.5 Å². The average molecular weight is 270 g/mol. The van der Waals surface area contributed by atoms with Gasteiger partial charge in [-0.05, 0) is 25.5 Å². The smallest absolute Gasteiger partial charge is 0.163 e. The Kier molecular flexibility index (Phi) is 6.02. The van der Waals surface area contributed by atoms with Crippen molar-refractivity contribution in [2.75, 3.05) is 13.7 Å². The van der Waals surface area contributed by atoms with Gasteiger partial charge in [0.2, 0.25) is 0 Å². The van der Waals surface area contributed by atoms with E-state index in [9.17, 15) is 0 Å². The van der Waals surface area contributed by atoms with E-state index in [0.717, 1.165) is 12.1 Å². The van der Waals surface area contributed by atoms with E-state index in [0.29, 0.717) is 23.1 Å². The molecule has 0 heterocycles. The number of halogens is 1. The van der Waals surface area contributed by atoms with Crippen LogP contribution in [0.25, 0.3) is 0 Å². The lowest BCUT2D eigenvalue weighted by atomic mass is 10.2. The molecule has 1 aromatic rings. The molecule has 0 bridgehead atoms. The average Bonchev–Trinajstić information content (AvgIpc) is 2.31. The lowest BCUT2D eigenvalue weighted by molar-refractivity contribution is 0.230. The molecule has 0 fully saturated rings. The van der Waals surface area contributed by atoms with Gasteiger partial charge in [-0.1, -0.05) is 17.7 Å². The molecule has 0 aliphatic carbocycles. The Morgan fingerprint density at radius 1 is 1.39 bits per heavy atom. The molecular weight excluding hydrogens is 250 g/mol. The maximum Gasteiger partial charge on any atom is 0.163 e. The van der Waals surface area contributed by atoms with Gasteiger partial charge in [0.15, 0.2) is 11.5 Å². The zero-order valence-corrected chi connectivity index (χ0v) is 11.9. The van der Waals surface area contributed by atoms with E-state index < -0.39 is 0 Å². The summed E-state index contributed by atoms with van der Waals surface area (Å²) in [7, 11) is 1.62. The van der Waals surface area contributed by atoms with Gasteiger partial charge in [0, 0.05) is 24.2 Å². The summed E-state index contributed by atoms with van der Waals surface area (Å²) in [6.45, 7) is 8.99. The van der Waals surface area contributed by atoms with Crippen molar-refractivity contribution in [2.24, 2.45) is 0 Å². The molecule has 1 aromatic carbocycles. The van der Waals surface area contributed by atoms with E-state index in [1.54, 1.807) is 19.3 Å². The van der Waals surface area contributed by atoms with Gasteiger partial charge in [0.1, 0.15) is 0 Å². The van der Waals surface area contributed by atoms with Crippen LogP contribution in [0.2, 0.25) is 5.02 Å². The Morgan fingerprint density at radius 3 is 2.67 bits per heavy atom. The number of nitrogens with one attached hydrogen (secondary N) is 1. The minimum Gasteiger partial charge on any atom is -0.493 e. The SMILES string of the molecule is C=CCNCc1cc(OC)c(OC(C)C)cc1Cl. The highest BCUT2D eigenvalue weighted by Crippen LogP contribution is 2.33. The molecule has 0 saturated carbocycles. The van der Waals surface area contributed by atoms with Crippen molar-refractivity contribution in [3.63, 3.8) is 0 Å². The lowest BCUT2D eigenvalue weighted by Crippen LogP contribution is -2.13. The summed E-state index contributed by atoms with van der Waals surface area (Å²) in [4.78, 5) is 0. The number of benzene rings is 1. The van der Waals surface area contributed by atoms with Crippen molar-refractivity contribution in [2.45, 2.75) is 26.5 Å². The fourth-order valence-corrected chi connectivity index (χ4v) is 1.75. The molecule has 1 rings (SSSR count). The van der Waals surface area contributed by atoms with Crippen LogP contribution in [0.4, 0.5) is 0 Å². The highest BCUT2D eigenvalue weighted by molar-refractivity contribution is 6.31. The molecule has 0 aliphatic heterocycles. The first-order valence-corrected chi connectivity index (χ1v) is 6.31. The molecule has 100 valence electrons. The summed E-state index contributed by atoms with van der Waals surface area (Å²) in [6.07, 6.45) is 1.89. The second-order valence-electron chi connectivity index (χ2n) is 4.18. The minimum absolute atomic E-state index is 0.0831. The molecule has 0 spiro atoms. The quantitative estimate of drug-likeness (QED) is 0.608. The van der Waals surface area contributed by atoms with Crippen molar-refractivity contribution in [3.05, 3.63) is 35.4 Å². The van der Waals surface area contributed by atoms with E-state index in [1.807, 2.05) is 19.9 Å². The van der Waals surface area contributed by atoms with Gasteiger partial charge >= 0.3 is 0 Å². The Bertz CT molecular complexity index is 405. The maximum absolute atomic E-state index is 6.22. The molecule has 18 heavy (non-hydrogen) atoms. The monoisotopic (exact) mass is 269 g/mol. The predicted molar refractivity (Wildman–Crippen MR) is 75.7 cm³/mol. The van der Waals surface area contributed by atoms with Crippen LogP contribution in [0.15, 0.2) is 24.8 Å². The van der Waals surface area contributed by atoms with Crippen LogP contribution in [0.1, 0.15) is 19.4 Å². The normalized spacial score (nSPS) is 10.5. The first-order chi connectivity index (χ1) is 8.58. The number of hydrogen-bond donors (Lipinski definition) is 1. The standard InChI is InChI=1S/C14H20ClNO2/c1-5-6-16-9-11-7-13(17-4)14(8-12(11)15)18-10(2)3/h5,7-8,10,16H,1,6,9H2,2-4H3. The summed E-state index contributed by atoms with van der Waals surface area (Å²) in [5.74, 6) is 1.37. The second-order valence-corrected chi connectivity index (χ2v) is 4.59. The Hall–Kier alpha value is -1.19. The molecule has 0 aliphatic rings. The third-order valence-corrected chi connectivity index (χ3v) is 2.65. The highest BCUT2D eigenvalue weighted by atomic mass is 35.5. The summed E-state index contributed by atoms with van der Waals surface area (Å²) in [6, 6.07) is 3.70. The minimum atomic E-state index is 0.0831. The number of hydrogen-bond acceptors (Lipinski definition) is 3. The number of rotatable bonds is 7. The Balaban J connectivity index is 2.91. The number of ether oxygens (including phenoxy) is 2. The second kappa shape index (κ2) is 7.29. The van der Waals surface area contributed by atoms with E-state index in [-0.39, 0.29) is 6.10 Å². The highest BCUT2D eigenvalue weighted by Gasteiger charge is 2.11. The molecule has 0 saturated heterocycles. The van der Waals surface area contributed by atoms with E-state index in [4.69, 9.17) is 21.1 Å². The topological polar surface area (TPSA) is 30.5 Å². The first kappa shape index (κ1) is 14.9. The van der Waals surface area contributed by atoms with Gasteiger partial charge < -0.3 is 14.8 Å². The van der Waals surface area contributed by atoms with Crippen LogP contribution in [0.3, 0.4) is 0 Å². The maximum atomic E-state index is 6.22. The van der Waals surface area contributed by atoms with Gasteiger partial charge in [-0.2, -0.15) is 0 Å². The third-order valence-electron chi connectivity index (χ3n) is 2.30. The zero-order valence-electron chi connectivity index (χ0n) is 11.1. The van der Waals surface area contributed by atoms with Crippen LogP contribution in [0, 0.1) is 0 Å². The fraction of sp³-hybridized carbons (Fsp3) is 0.429. The number of methoxy groups -OCH3 is 1. The molecule has 4 heteroatoms. The molecule has 0 aromatic heterocycles. The van der Waals surface area contributed by atoms with Crippen molar-refractivity contribution in [1.29, 1.82) is 0 Å². The van der Waals surface area contributed by atoms with Gasteiger partial charge in [0.05, 0.1) is 13.2 Å². The summed E-state index contributed by atoms with van der Waals surface area (Å²) in [5.41, 5.74) is 0.978. The molecular formula is C14H20ClNO2. The molecule has 0 amide bonds. The van der Waals surface area contributed by atoms with Crippen LogP contribution in [-0.2, 0) is 6.54 Å². The van der Waals surface area contributed by atoms with Gasteiger partial charge in [0.25, 0.3) is 0 Å². The van der Waals surface area contributed by atoms with Crippen molar-refractivity contribution in [1.82, 2.24) is 5.32 Å². The van der Waals surface area contributed by atoms with Crippen molar-refractivity contribution < 1.29 is 9.47 Å². The first-order valence-electron chi connectivity index (χ1n) is 5.93. The fourth-order valence-electron chi connectivity index (χ4n) is 1.53. The molecule has 1 N–H and O–H groups in total. The van der Waals surface area contributed by atoms with Crippen molar-refractivity contribution in [3.8, 4) is 11.5 Å². The van der Waals surface area contributed by atoms with E-state index in [2.05, 4.69) is 11.9 Å². The lowest BCUT2D eigenvalue weighted by Gasteiger charge is -2.16. The van der Waals surface area contributed by atoms with E-state index in [1.165, 1.54) is 0 Å². The van der Waals surface area contributed by atoms with Gasteiger partial charge in [-0.3, -0.25) is 0 Å². The molecule has 0 atom stereocenters. The predicted octanol–water partition coefficient (Wildman–Crippen LogP) is 3.41. The van der Waals surface area contributed by atoms with Crippen LogP contribution in [-0.4, -0.2) is 19.8 Å². The zero-order chi connectivity index (χ0) is 13.5. The Labute approximate surface area is 114 Å². The molecule has 0 unspecified atom stereocenters. The van der Waals surface area contributed by atoms with Gasteiger partial charge in [-0.25, -0.2) is 0 Å². The third kappa shape index (κ3) is 4.24. The Morgan fingerprint density at radius 2 is 2.11 bits per heavy atom. The van der Waals surface area contributed by atoms with Crippen molar-refractivity contribution >= 4 is 11.6 Å². The molecule has 3 nitrogen and oxygen atoms in total. The summed E-state index contributed by atoms with van der Waals surface area (Å²) in [5, 5.41) is 3.87. The van der Waals surface area contributed by atoms with Crippen LogP contribution < -0.4 is 14.8 Å². The summed E-state index contributed by atoms with van der Waals surface area (Å²) >= 11 is 6.22. The largest absolute Gasteiger partial charge is 0.493 e.